The van der Waals surface area contributed by atoms with Crippen molar-refractivity contribution in [1.82, 2.24) is 0 Å². The zero-order chi connectivity index (χ0) is 19.8. The van der Waals surface area contributed by atoms with Crippen molar-refractivity contribution in [3.8, 4) is 0 Å². The average molecular weight is 350 g/mol. The number of carboxylic acid groups (broad SMARTS) is 3. The number of carbonyl (C=O) groups is 3. The lowest BCUT2D eigenvalue weighted by molar-refractivity contribution is -0.512. The minimum absolute atomic E-state index is 0.587. The summed E-state index contributed by atoms with van der Waals surface area (Å²) in [5, 5.41) is 27.1. The monoisotopic (exact) mass is 350 g/mol. The van der Waals surface area contributed by atoms with Gasteiger partial charge in [0.25, 0.3) is 0 Å². The molecule has 0 spiro atoms. The van der Waals surface area contributed by atoms with Gasteiger partial charge in [-0.2, -0.15) is 0 Å². The van der Waals surface area contributed by atoms with Crippen LogP contribution in [-0.2, 0) is 29.2 Å². The number of hydrogen-bond acceptors (Lipinski definition) is 6. The van der Waals surface area contributed by atoms with Gasteiger partial charge in [0.2, 0.25) is 0 Å². The fraction of sp³-hybridized carbons (Fsp3) is 0.400. The van der Waals surface area contributed by atoms with Crippen molar-refractivity contribution in [2.24, 2.45) is 0 Å². The van der Waals surface area contributed by atoms with E-state index in [-0.39, 0.29) is 0 Å². The van der Waals surface area contributed by atoms with Crippen LogP contribution >= 0.6 is 0 Å². The maximum atomic E-state index is 9.25. The van der Waals surface area contributed by atoms with E-state index in [0.29, 0.717) is 13.2 Å². The Balaban J connectivity index is -0.000000116. The molecule has 0 aromatic carbocycles. The molecular formula is C15H26O9. The van der Waals surface area contributed by atoms with Crippen molar-refractivity contribution in [1.29, 1.82) is 0 Å². The third-order valence-corrected chi connectivity index (χ3v) is 1.20. The standard InChI is InChI=1S/C6H14O3.3C3H4O2/c1-3-5-7-9-8-6-4-2;3*1-2-3(4)5/h3-6H2,1-2H3;3*2H,1H2,(H,4,5). The average Bonchev–Trinajstić information content (AvgIpc) is 2.56. The molecule has 9 nitrogen and oxygen atoms in total. The van der Waals surface area contributed by atoms with Gasteiger partial charge < -0.3 is 15.3 Å². The Morgan fingerprint density at radius 3 is 1.08 bits per heavy atom. The highest BCUT2D eigenvalue weighted by Crippen LogP contribution is 1.85. The number of rotatable bonds is 9. The minimum atomic E-state index is -0.981. The zero-order valence-corrected chi connectivity index (χ0v) is 14.0. The summed E-state index contributed by atoms with van der Waals surface area (Å²) < 4.78 is 0. The third kappa shape index (κ3) is 73.9. The lowest BCUT2D eigenvalue weighted by Gasteiger charge is -1.98. The molecule has 24 heavy (non-hydrogen) atoms. The molecule has 0 bridgehead atoms. The minimum Gasteiger partial charge on any atom is -0.478 e. The van der Waals surface area contributed by atoms with E-state index in [1.807, 2.05) is 13.8 Å². The van der Waals surface area contributed by atoms with Crippen LogP contribution in [0.5, 0.6) is 0 Å². The van der Waals surface area contributed by atoms with Gasteiger partial charge in [-0.1, -0.05) is 38.6 Å². The van der Waals surface area contributed by atoms with E-state index < -0.39 is 17.9 Å². The molecule has 0 rings (SSSR count). The molecule has 0 saturated heterocycles. The van der Waals surface area contributed by atoms with Gasteiger partial charge in [-0.15, -0.1) is 0 Å². The highest BCUT2D eigenvalue weighted by Gasteiger charge is 1.84. The molecule has 0 fully saturated rings. The molecule has 0 aromatic rings. The lowest BCUT2D eigenvalue weighted by Crippen LogP contribution is -1.97. The molecule has 0 aliphatic heterocycles. The second kappa shape index (κ2) is 28.6. The van der Waals surface area contributed by atoms with Gasteiger partial charge in [0.1, 0.15) is 0 Å². The van der Waals surface area contributed by atoms with Crippen molar-refractivity contribution in [3.63, 3.8) is 0 Å². The van der Waals surface area contributed by atoms with Gasteiger partial charge in [-0.05, 0) is 12.8 Å². The summed E-state index contributed by atoms with van der Waals surface area (Å²) in [6.45, 7) is 14.1. The van der Waals surface area contributed by atoms with E-state index in [1.165, 1.54) is 0 Å². The molecule has 3 N–H and O–H groups in total. The fourth-order valence-electron chi connectivity index (χ4n) is 0.269. The van der Waals surface area contributed by atoms with E-state index in [0.717, 1.165) is 31.1 Å². The van der Waals surface area contributed by atoms with Crippen LogP contribution in [0.4, 0.5) is 0 Å². The van der Waals surface area contributed by atoms with E-state index in [4.69, 9.17) is 15.3 Å². The summed E-state index contributed by atoms with van der Waals surface area (Å²) in [7, 11) is 0. The molecule has 0 aliphatic carbocycles. The molecular weight excluding hydrogens is 324 g/mol. The predicted octanol–water partition coefficient (Wildman–Crippen LogP) is 2.46. The lowest BCUT2D eigenvalue weighted by atomic mass is 10.5. The molecule has 140 valence electrons. The Morgan fingerprint density at radius 2 is 0.958 bits per heavy atom. The highest BCUT2D eigenvalue weighted by molar-refractivity contribution is 5.79. The quantitative estimate of drug-likeness (QED) is 0.247. The first-order valence-electron chi connectivity index (χ1n) is 6.70. The van der Waals surface area contributed by atoms with Gasteiger partial charge in [0, 0.05) is 18.2 Å². The first kappa shape index (κ1) is 29.5. The highest BCUT2D eigenvalue weighted by atomic mass is 17.5. The largest absolute Gasteiger partial charge is 0.478 e. The van der Waals surface area contributed by atoms with Crippen LogP contribution in [0.3, 0.4) is 0 Å². The van der Waals surface area contributed by atoms with Gasteiger partial charge in [-0.3, -0.25) is 0 Å². The summed E-state index contributed by atoms with van der Waals surface area (Å²) in [6.07, 6.45) is 4.38. The Hall–Kier alpha value is -2.49. The van der Waals surface area contributed by atoms with Crippen LogP contribution in [0.15, 0.2) is 38.0 Å². The van der Waals surface area contributed by atoms with Gasteiger partial charge in [0.05, 0.1) is 13.2 Å². The number of aliphatic carboxylic acids is 3. The number of carboxylic acids is 3. The maximum Gasteiger partial charge on any atom is 0.327 e. The molecule has 0 aromatic heterocycles. The van der Waals surface area contributed by atoms with Gasteiger partial charge in [-0.25, -0.2) is 24.2 Å². The SMILES string of the molecule is C=CC(=O)O.C=CC(=O)O.C=CC(=O)O.CCCOOOCCC. The van der Waals surface area contributed by atoms with E-state index in [2.05, 4.69) is 34.6 Å². The molecule has 0 aliphatic rings. The number of hydrogen-bond donors (Lipinski definition) is 3. The Morgan fingerprint density at radius 1 is 0.750 bits per heavy atom. The van der Waals surface area contributed by atoms with Crippen LogP contribution in [0.2, 0.25) is 0 Å². The summed E-state index contributed by atoms with van der Waals surface area (Å²) in [4.78, 5) is 36.9. The van der Waals surface area contributed by atoms with Gasteiger partial charge >= 0.3 is 17.9 Å². The molecule has 0 heterocycles. The second-order valence-corrected chi connectivity index (χ2v) is 3.34. The van der Waals surface area contributed by atoms with Crippen LogP contribution in [0.25, 0.3) is 0 Å². The first-order chi connectivity index (χ1) is 11.2. The predicted molar refractivity (Wildman–Crippen MR) is 87.1 cm³/mol. The van der Waals surface area contributed by atoms with E-state index >= 15 is 0 Å². The van der Waals surface area contributed by atoms with Crippen molar-refractivity contribution < 1.29 is 44.5 Å². The first-order valence-corrected chi connectivity index (χ1v) is 6.70. The molecule has 0 amide bonds. The molecule has 0 radical (unpaired) electrons. The topological polar surface area (TPSA) is 140 Å². The molecule has 9 heteroatoms. The van der Waals surface area contributed by atoms with Crippen molar-refractivity contribution >= 4 is 17.9 Å². The molecule has 0 atom stereocenters. The van der Waals surface area contributed by atoms with E-state index in [1.54, 1.807) is 0 Å². The summed E-state index contributed by atoms with van der Waals surface area (Å²) >= 11 is 0. The van der Waals surface area contributed by atoms with Crippen LogP contribution in [0, 0.1) is 0 Å². The Labute approximate surface area is 141 Å². The normalized spacial score (nSPS) is 7.75. The van der Waals surface area contributed by atoms with Crippen molar-refractivity contribution in [2.75, 3.05) is 13.2 Å². The summed E-state index contributed by atoms with van der Waals surface area (Å²) in [5.41, 5.74) is 0. The van der Waals surface area contributed by atoms with E-state index in [9.17, 15) is 14.4 Å². The molecule has 0 saturated carbocycles. The summed E-state index contributed by atoms with van der Waals surface area (Å²) in [6, 6.07) is 0. The van der Waals surface area contributed by atoms with Crippen molar-refractivity contribution in [3.05, 3.63) is 38.0 Å². The Bertz CT molecular complexity index is 302. The van der Waals surface area contributed by atoms with Crippen LogP contribution < -0.4 is 0 Å². The molecule has 0 unspecified atom stereocenters. The fourth-order valence-corrected chi connectivity index (χ4v) is 0.269. The third-order valence-electron chi connectivity index (χ3n) is 1.20. The Kier molecular flexibility index (Phi) is 35.2. The van der Waals surface area contributed by atoms with Crippen molar-refractivity contribution in [2.45, 2.75) is 26.7 Å². The van der Waals surface area contributed by atoms with Crippen LogP contribution in [-0.4, -0.2) is 46.4 Å². The van der Waals surface area contributed by atoms with Crippen LogP contribution in [0.1, 0.15) is 26.7 Å². The summed E-state index contributed by atoms with van der Waals surface area (Å²) in [5.74, 6) is -2.94. The van der Waals surface area contributed by atoms with Gasteiger partial charge in [0.15, 0.2) is 0 Å². The maximum absolute atomic E-state index is 9.25. The smallest absolute Gasteiger partial charge is 0.327 e. The second-order valence-electron chi connectivity index (χ2n) is 3.34. The zero-order valence-electron chi connectivity index (χ0n) is 14.0.